The smallest absolute Gasteiger partial charge is 0.306 e. The van der Waals surface area contributed by atoms with E-state index < -0.39 is 6.10 Å². The second-order valence-electron chi connectivity index (χ2n) is 9.81. The fraction of sp³-hybridized carbons (Fsp3) is 0.885. The molecule has 0 aliphatic carbocycles. The molecule has 0 aromatic carbocycles. The minimum Gasteiger partial charge on any atom is -0.466 e. The molecule has 0 aliphatic heterocycles. The predicted octanol–water partition coefficient (Wildman–Crippen LogP) is 7.47. The minimum absolute atomic E-state index is 0.165. The number of carbonyl (C=O) groups is 1. The first-order valence-corrected chi connectivity index (χ1v) is 12.2. The Morgan fingerprint density at radius 1 is 0.828 bits per heavy atom. The van der Waals surface area contributed by atoms with Crippen molar-refractivity contribution < 1.29 is 14.6 Å². The molecule has 0 saturated carbocycles. The maximum Gasteiger partial charge on any atom is 0.306 e. The highest BCUT2D eigenvalue weighted by molar-refractivity contribution is 5.69. The van der Waals surface area contributed by atoms with Gasteiger partial charge in [-0.15, -0.1) is 0 Å². The number of ether oxygens (including phenoxy) is 1. The molecule has 29 heavy (non-hydrogen) atoms. The Bertz CT molecular complexity index is 426. The largest absolute Gasteiger partial charge is 0.466 e. The molecule has 3 nitrogen and oxygen atoms in total. The van der Waals surface area contributed by atoms with Gasteiger partial charge in [-0.2, -0.15) is 0 Å². The number of aliphatic hydroxyl groups excluding tert-OH is 1. The average Bonchev–Trinajstić information content (AvgIpc) is 2.61. The van der Waals surface area contributed by atoms with Crippen molar-refractivity contribution in [2.75, 3.05) is 6.61 Å². The Balaban J connectivity index is 3.70. The Kier molecular flexibility index (Phi) is 17.5. The van der Waals surface area contributed by atoms with E-state index in [-0.39, 0.29) is 5.97 Å². The van der Waals surface area contributed by atoms with Gasteiger partial charge in [-0.05, 0) is 50.9 Å². The lowest BCUT2D eigenvalue weighted by Gasteiger charge is -2.15. The number of hydrogen-bond acceptors (Lipinski definition) is 3. The normalized spacial score (nSPS) is 15.4. The molecular formula is C26H50O3. The van der Waals surface area contributed by atoms with Crippen molar-refractivity contribution in [1.82, 2.24) is 0 Å². The van der Waals surface area contributed by atoms with Gasteiger partial charge in [-0.25, -0.2) is 0 Å². The Labute approximate surface area is 181 Å². The fourth-order valence-electron chi connectivity index (χ4n) is 3.66. The average molecular weight is 411 g/mol. The predicted molar refractivity (Wildman–Crippen MR) is 125 cm³/mol. The molecule has 3 heteroatoms. The van der Waals surface area contributed by atoms with Crippen LogP contribution in [0.1, 0.15) is 119 Å². The van der Waals surface area contributed by atoms with Gasteiger partial charge >= 0.3 is 5.97 Å². The monoisotopic (exact) mass is 410 g/mol. The van der Waals surface area contributed by atoms with Crippen LogP contribution >= 0.6 is 0 Å². The molecule has 1 N–H and O–H groups in total. The van der Waals surface area contributed by atoms with E-state index in [4.69, 9.17) is 9.84 Å². The second-order valence-corrected chi connectivity index (χ2v) is 9.81. The van der Waals surface area contributed by atoms with Gasteiger partial charge < -0.3 is 9.84 Å². The van der Waals surface area contributed by atoms with Crippen molar-refractivity contribution in [3.05, 3.63) is 11.6 Å². The van der Waals surface area contributed by atoms with Crippen LogP contribution in [0.4, 0.5) is 0 Å². The van der Waals surface area contributed by atoms with Crippen molar-refractivity contribution in [3.8, 4) is 0 Å². The summed E-state index contributed by atoms with van der Waals surface area (Å²) in [6, 6.07) is 0. The van der Waals surface area contributed by atoms with Crippen LogP contribution in [-0.2, 0) is 9.53 Å². The van der Waals surface area contributed by atoms with Gasteiger partial charge in [0.05, 0.1) is 12.7 Å². The van der Waals surface area contributed by atoms with Crippen LogP contribution in [0.15, 0.2) is 11.6 Å². The molecule has 0 amide bonds. The lowest BCUT2D eigenvalue weighted by atomic mass is 9.91. The fourth-order valence-corrected chi connectivity index (χ4v) is 3.66. The molecule has 0 radical (unpaired) electrons. The highest BCUT2D eigenvalue weighted by Crippen LogP contribution is 2.22. The molecule has 0 bridgehead atoms. The van der Waals surface area contributed by atoms with Gasteiger partial charge in [-0.3, -0.25) is 4.79 Å². The first-order chi connectivity index (χ1) is 13.7. The summed E-state index contributed by atoms with van der Waals surface area (Å²) >= 11 is 0. The van der Waals surface area contributed by atoms with E-state index in [0.717, 1.165) is 30.6 Å². The van der Waals surface area contributed by atoms with Crippen LogP contribution in [0.2, 0.25) is 0 Å². The highest BCUT2D eigenvalue weighted by Gasteiger charge is 2.07. The molecule has 0 rings (SSSR count). The summed E-state index contributed by atoms with van der Waals surface area (Å²) in [5.41, 5.74) is 1.38. The van der Waals surface area contributed by atoms with Crippen molar-refractivity contribution in [2.24, 2.45) is 17.8 Å². The van der Waals surface area contributed by atoms with E-state index in [0.29, 0.717) is 19.4 Å². The minimum atomic E-state index is -0.412. The SMILES string of the molecule is CC(=CCCC(=O)OCCC(C)O)CCCC(C)CCCC(C)CCCC(C)C. The number of carbonyl (C=O) groups excluding carboxylic acids is 1. The highest BCUT2D eigenvalue weighted by atomic mass is 16.5. The zero-order valence-electron chi connectivity index (χ0n) is 20.3. The standard InChI is InChI=1S/C26H50O3/c1-21(2)11-7-12-22(3)13-8-14-23(4)15-9-16-24(5)17-10-18-26(28)29-20-19-25(6)27/h17,21-23,25,27H,7-16,18-20H2,1-6H3. The third kappa shape index (κ3) is 20.2. The van der Waals surface area contributed by atoms with E-state index in [1.807, 2.05) is 0 Å². The Morgan fingerprint density at radius 2 is 1.38 bits per heavy atom. The summed E-state index contributed by atoms with van der Waals surface area (Å²) in [5, 5.41) is 9.15. The molecule has 0 aromatic heterocycles. The summed E-state index contributed by atoms with van der Waals surface area (Å²) in [6.07, 6.45) is 15.4. The molecule has 0 saturated heterocycles. The number of hydrogen-bond donors (Lipinski definition) is 1. The summed E-state index contributed by atoms with van der Waals surface area (Å²) in [5.74, 6) is 2.37. The van der Waals surface area contributed by atoms with Gasteiger partial charge in [0.2, 0.25) is 0 Å². The van der Waals surface area contributed by atoms with E-state index >= 15 is 0 Å². The van der Waals surface area contributed by atoms with Crippen molar-refractivity contribution in [1.29, 1.82) is 0 Å². The molecule has 3 atom stereocenters. The molecule has 0 aromatic rings. The summed E-state index contributed by atoms with van der Waals surface area (Å²) in [6.45, 7) is 13.6. The van der Waals surface area contributed by atoms with Crippen LogP contribution in [0, 0.1) is 17.8 Å². The number of esters is 1. The van der Waals surface area contributed by atoms with Crippen LogP contribution < -0.4 is 0 Å². The van der Waals surface area contributed by atoms with E-state index in [9.17, 15) is 4.79 Å². The quantitative estimate of drug-likeness (QED) is 0.188. The maximum atomic E-state index is 11.6. The molecular weight excluding hydrogens is 360 g/mol. The van der Waals surface area contributed by atoms with E-state index in [2.05, 4.69) is 40.7 Å². The first kappa shape index (κ1) is 28.2. The van der Waals surface area contributed by atoms with Crippen molar-refractivity contribution >= 4 is 5.97 Å². The van der Waals surface area contributed by atoms with Gasteiger partial charge in [-0.1, -0.05) is 84.3 Å². The van der Waals surface area contributed by atoms with Crippen molar-refractivity contribution in [2.45, 2.75) is 125 Å². The summed E-state index contributed by atoms with van der Waals surface area (Å²) in [7, 11) is 0. The molecule has 3 unspecified atom stereocenters. The van der Waals surface area contributed by atoms with Crippen LogP contribution in [0.5, 0.6) is 0 Å². The summed E-state index contributed by atoms with van der Waals surface area (Å²) in [4.78, 5) is 11.6. The topological polar surface area (TPSA) is 46.5 Å². The first-order valence-electron chi connectivity index (χ1n) is 12.2. The van der Waals surface area contributed by atoms with Gasteiger partial charge in [0, 0.05) is 12.8 Å². The van der Waals surface area contributed by atoms with Crippen LogP contribution in [0.25, 0.3) is 0 Å². The maximum absolute atomic E-state index is 11.6. The van der Waals surface area contributed by atoms with E-state index in [1.165, 1.54) is 56.9 Å². The molecule has 0 heterocycles. The van der Waals surface area contributed by atoms with Crippen LogP contribution in [0.3, 0.4) is 0 Å². The number of rotatable bonds is 18. The summed E-state index contributed by atoms with van der Waals surface area (Å²) < 4.78 is 5.11. The zero-order chi connectivity index (χ0) is 22.1. The molecule has 0 fully saturated rings. The van der Waals surface area contributed by atoms with Gasteiger partial charge in [0.25, 0.3) is 0 Å². The Hall–Kier alpha value is -0.830. The van der Waals surface area contributed by atoms with Gasteiger partial charge in [0.1, 0.15) is 0 Å². The Morgan fingerprint density at radius 3 is 1.93 bits per heavy atom. The van der Waals surface area contributed by atoms with Crippen LogP contribution in [-0.4, -0.2) is 23.8 Å². The molecule has 0 spiro atoms. The van der Waals surface area contributed by atoms with Gasteiger partial charge in [0.15, 0.2) is 0 Å². The lowest BCUT2D eigenvalue weighted by Crippen LogP contribution is -2.10. The lowest BCUT2D eigenvalue weighted by molar-refractivity contribution is -0.144. The van der Waals surface area contributed by atoms with E-state index in [1.54, 1.807) is 6.92 Å². The number of allylic oxidation sites excluding steroid dienone is 2. The third-order valence-corrected chi connectivity index (χ3v) is 5.78. The third-order valence-electron chi connectivity index (χ3n) is 5.78. The van der Waals surface area contributed by atoms with Crippen molar-refractivity contribution in [3.63, 3.8) is 0 Å². The number of aliphatic hydroxyl groups is 1. The molecule has 172 valence electrons. The zero-order valence-corrected chi connectivity index (χ0v) is 20.3. The second kappa shape index (κ2) is 18.0. The molecule has 0 aliphatic rings.